The average molecular weight is 292 g/mol. The second-order valence-corrected chi connectivity index (χ2v) is 4.37. The Morgan fingerprint density at radius 3 is 2.74 bits per heavy atom. The first-order valence-corrected chi connectivity index (χ1v) is 5.99. The lowest BCUT2D eigenvalue weighted by atomic mass is 10.2. The molecule has 94 valence electrons. The fraction of sp³-hybridized carbons (Fsp3) is 0. The molecule has 1 amide bonds. The Hall–Kier alpha value is -2.09. The minimum absolute atomic E-state index is 0.135. The van der Waals surface area contributed by atoms with Gasteiger partial charge in [-0.1, -0.05) is 35.3 Å². The van der Waals surface area contributed by atoms with E-state index in [9.17, 15) is 4.79 Å². The van der Waals surface area contributed by atoms with Crippen molar-refractivity contribution in [1.29, 1.82) is 5.26 Å². The van der Waals surface area contributed by atoms with Gasteiger partial charge in [-0.3, -0.25) is 4.79 Å². The van der Waals surface area contributed by atoms with Gasteiger partial charge < -0.3 is 5.32 Å². The number of nitriles is 1. The van der Waals surface area contributed by atoms with Crippen molar-refractivity contribution in [2.75, 3.05) is 5.32 Å². The van der Waals surface area contributed by atoms with E-state index in [2.05, 4.69) is 10.3 Å². The van der Waals surface area contributed by atoms with Crippen molar-refractivity contribution in [3.8, 4) is 6.07 Å². The van der Waals surface area contributed by atoms with E-state index < -0.39 is 5.91 Å². The van der Waals surface area contributed by atoms with Crippen LogP contribution in [-0.2, 0) is 0 Å². The number of para-hydroxylation sites is 1. The third kappa shape index (κ3) is 3.02. The van der Waals surface area contributed by atoms with Crippen LogP contribution in [0.2, 0.25) is 10.2 Å². The van der Waals surface area contributed by atoms with Crippen molar-refractivity contribution in [1.82, 2.24) is 4.98 Å². The third-order valence-corrected chi connectivity index (χ3v) is 3.04. The van der Waals surface area contributed by atoms with Gasteiger partial charge in [0, 0.05) is 6.20 Å². The van der Waals surface area contributed by atoms with Gasteiger partial charge >= 0.3 is 0 Å². The molecule has 0 spiro atoms. The minimum atomic E-state index is -0.409. The summed E-state index contributed by atoms with van der Waals surface area (Å²) >= 11 is 11.5. The number of halogens is 2. The van der Waals surface area contributed by atoms with Crippen LogP contribution in [0.25, 0.3) is 0 Å². The van der Waals surface area contributed by atoms with E-state index in [0.29, 0.717) is 11.3 Å². The maximum atomic E-state index is 12.0. The first-order valence-electron chi connectivity index (χ1n) is 5.23. The molecule has 0 aliphatic heterocycles. The lowest BCUT2D eigenvalue weighted by molar-refractivity contribution is 0.102. The van der Waals surface area contributed by atoms with Crippen LogP contribution in [0.5, 0.6) is 0 Å². The molecular formula is C13H7Cl2N3O. The van der Waals surface area contributed by atoms with Crippen molar-refractivity contribution in [2.24, 2.45) is 0 Å². The summed E-state index contributed by atoms with van der Waals surface area (Å²) in [5.41, 5.74) is 1.08. The van der Waals surface area contributed by atoms with Gasteiger partial charge in [-0.05, 0) is 18.2 Å². The lowest BCUT2D eigenvalue weighted by Gasteiger charge is -2.07. The number of pyridine rings is 1. The third-order valence-electron chi connectivity index (χ3n) is 2.35. The van der Waals surface area contributed by atoms with Crippen LogP contribution in [-0.4, -0.2) is 10.9 Å². The van der Waals surface area contributed by atoms with Crippen LogP contribution in [0.1, 0.15) is 15.9 Å². The van der Waals surface area contributed by atoms with E-state index >= 15 is 0 Å². The van der Waals surface area contributed by atoms with Gasteiger partial charge in [-0.15, -0.1) is 0 Å². The molecule has 1 aromatic carbocycles. The highest BCUT2D eigenvalue weighted by molar-refractivity contribution is 6.41. The zero-order valence-electron chi connectivity index (χ0n) is 9.52. The summed E-state index contributed by atoms with van der Waals surface area (Å²) in [4.78, 5) is 15.8. The smallest absolute Gasteiger partial charge is 0.257 e. The molecule has 0 saturated heterocycles. The Balaban J connectivity index is 2.26. The molecule has 0 unspecified atom stereocenters. The molecule has 0 fully saturated rings. The zero-order chi connectivity index (χ0) is 13.8. The number of aromatic nitrogens is 1. The summed E-state index contributed by atoms with van der Waals surface area (Å²) in [6, 6.07) is 10.1. The number of nitrogens with one attached hydrogen (secondary N) is 1. The van der Waals surface area contributed by atoms with Crippen LogP contribution < -0.4 is 5.32 Å². The molecule has 0 aliphatic rings. The van der Waals surface area contributed by atoms with Crippen LogP contribution in [0, 0.1) is 11.3 Å². The standard InChI is InChI=1S/C13H7Cl2N3O/c14-10-5-9(7-17-12(10)15)13(19)18-11-4-2-1-3-8(11)6-16/h1-5,7H,(H,18,19). The van der Waals surface area contributed by atoms with Crippen molar-refractivity contribution >= 4 is 34.8 Å². The molecule has 1 heterocycles. The summed E-state index contributed by atoms with van der Waals surface area (Å²) in [6.07, 6.45) is 1.32. The van der Waals surface area contributed by atoms with Gasteiger partial charge in [-0.2, -0.15) is 5.26 Å². The van der Waals surface area contributed by atoms with E-state index in [4.69, 9.17) is 28.5 Å². The molecule has 0 aliphatic carbocycles. The topological polar surface area (TPSA) is 65.8 Å². The second-order valence-electron chi connectivity index (χ2n) is 3.61. The summed E-state index contributed by atoms with van der Waals surface area (Å²) in [5, 5.41) is 11.9. The molecular weight excluding hydrogens is 285 g/mol. The Kier molecular flexibility index (Phi) is 4.00. The normalized spacial score (nSPS) is 9.74. The average Bonchev–Trinajstić information content (AvgIpc) is 2.42. The Morgan fingerprint density at radius 1 is 1.32 bits per heavy atom. The van der Waals surface area contributed by atoms with Crippen LogP contribution in [0.3, 0.4) is 0 Å². The molecule has 19 heavy (non-hydrogen) atoms. The Labute approximate surface area is 119 Å². The van der Waals surface area contributed by atoms with E-state index in [-0.39, 0.29) is 15.7 Å². The fourth-order valence-corrected chi connectivity index (χ4v) is 1.70. The van der Waals surface area contributed by atoms with E-state index in [1.807, 2.05) is 6.07 Å². The predicted molar refractivity (Wildman–Crippen MR) is 73.4 cm³/mol. The van der Waals surface area contributed by atoms with Gasteiger partial charge in [0.25, 0.3) is 5.91 Å². The maximum absolute atomic E-state index is 12.0. The largest absolute Gasteiger partial charge is 0.321 e. The zero-order valence-corrected chi connectivity index (χ0v) is 11.0. The number of nitrogens with zero attached hydrogens (tertiary/aromatic N) is 2. The number of anilines is 1. The van der Waals surface area contributed by atoms with Gasteiger partial charge in [0.05, 0.1) is 21.8 Å². The monoisotopic (exact) mass is 291 g/mol. The highest BCUT2D eigenvalue weighted by Gasteiger charge is 2.11. The van der Waals surface area contributed by atoms with Crippen molar-refractivity contribution in [3.63, 3.8) is 0 Å². The summed E-state index contributed by atoms with van der Waals surface area (Å²) < 4.78 is 0. The van der Waals surface area contributed by atoms with Gasteiger partial charge in [0.15, 0.2) is 0 Å². The van der Waals surface area contributed by atoms with Crippen molar-refractivity contribution in [3.05, 3.63) is 57.8 Å². The number of carbonyl (C=O) groups is 1. The maximum Gasteiger partial charge on any atom is 0.257 e. The molecule has 2 rings (SSSR count). The first-order chi connectivity index (χ1) is 9.11. The van der Waals surface area contributed by atoms with E-state index in [1.54, 1.807) is 24.3 Å². The summed E-state index contributed by atoms with van der Waals surface area (Å²) in [6.45, 7) is 0. The Morgan fingerprint density at radius 2 is 2.05 bits per heavy atom. The fourth-order valence-electron chi connectivity index (χ4n) is 1.43. The van der Waals surface area contributed by atoms with E-state index in [0.717, 1.165) is 0 Å². The predicted octanol–water partition coefficient (Wildman–Crippen LogP) is 3.51. The SMILES string of the molecule is N#Cc1ccccc1NC(=O)c1cnc(Cl)c(Cl)c1. The van der Waals surface area contributed by atoms with Crippen LogP contribution in [0.4, 0.5) is 5.69 Å². The number of carbonyl (C=O) groups excluding carboxylic acids is 1. The molecule has 6 heteroatoms. The molecule has 0 radical (unpaired) electrons. The summed E-state index contributed by atoms with van der Waals surface area (Å²) in [7, 11) is 0. The molecule has 2 aromatic rings. The number of hydrogen-bond donors (Lipinski definition) is 1. The molecule has 0 bridgehead atoms. The summed E-state index contributed by atoms with van der Waals surface area (Å²) in [5.74, 6) is -0.409. The lowest BCUT2D eigenvalue weighted by Crippen LogP contribution is -2.13. The van der Waals surface area contributed by atoms with Crippen LogP contribution >= 0.6 is 23.2 Å². The van der Waals surface area contributed by atoms with Crippen LogP contribution in [0.15, 0.2) is 36.5 Å². The number of hydrogen-bond acceptors (Lipinski definition) is 3. The number of benzene rings is 1. The first kappa shape index (κ1) is 13.3. The van der Waals surface area contributed by atoms with Gasteiger partial charge in [0.2, 0.25) is 0 Å². The number of rotatable bonds is 2. The molecule has 4 nitrogen and oxygen atoms in total. The Bertz CT molecular complexity index is 680. The van der Waals surface area contributed by atoms with Gasteiger partial charge in [0.1, 0.15) is 11.2 Å². The molecule has 1 N–H and O–H groups in total. The highest BCUT2D eigenvalue weighted by Crippen LogP contribution is 2.21. The molecule has 0 atom stereocenters. The van der Waals surface area contributed by atoms with Crippen molar-refractivity contribution < 1.29 is 4.79 Å². The molecule has 0 saturated carbocycles. The second kappa shape index (κ2) is 5.70. The molecule has 1 aromatic heterocycles. The van der Waals surface area contributed by atoms with Gasteiger partial charge in [-0.25, -0.2) is 4.98 Å². The number of amides is 1. The highest BCUT2D eigenvalue weighted by atomic mass is 35.5. The van der Waals surface area contributed by atoms with Crippen molar-refractivity contribution in [2.45, 2.75) is 0 Å². The minimum Gasteiger partial charge on any atom is -0.321 e. The van der Waals surface area contributed by atoms with E-state index in [1.165, 1.54) is 12.3 Å². The quantitative estimate of drug-likeness (QED) is 0.861.